The van der Waals surface area contributed by atoms with Crippen molar-refractivity contribution >= 4 is 34.7 Å². The van der Waals surface area contributed by atoms with Crippen LogP contribution >= 0.6 is 0 Å². The van der Waals surface area contributed by atoms with Crippen LogP contribution in [0.4, 0.5) is 31.2 Å². The third-order valence-electron chi connectivity index (χ3n) is 6.20. The van der Waals surface area contributed by atoms with Gasteiger partial charge < -0.3 is 28.7 Å². The van der Waals surface area contributed by atoms with Crippen molar-refractivity contribution in [1.29, 1.82) is 0 Å². The van der Waals surface area contributed by atoms with E-state index in [0.29, 0.717) is 64.5 Å². The molecule has 15 heteroatoms. The molecule has 0 bridgehead atoms. The number of ether oxygens (including phenoxy) is 4. The predicted molar refractivity (Wildman–Crippen MR) is 142 cm³/mol. The van der Waals surface area contributed by atoms with Crippen LogP contribution in [0.25, 0.3) is 17.0 Å². The first-order valence-corrected chi connectivity index (χ1v) is 12.9. The molecule has 0 aliphatic carbocycles. The van der Waals surface area contributed by atoms with E-state index in [-0.39, 0.29) is 28.4 Å². The molecule has 216 valence electrons. The van der Waals surface area contributed by atoms with Crippen LogP contribution in [0, 0.1) is 0 Å². The number of halogens is 2. The van der Waals surface area contributed by atoms with Crippen molar-refractivity contribution in [3.8, 4) is 11.7 Å². The Bertz CT molecular complexity index is 1330. The van der Waals surface area contributed by atoms with E-state index in [1.165, 1.54) is 23.8 Å². The Balaban J connectivity index is 1.67. The van der Waals surface area contributed by atoms with Gasteiger partial charge in [0.05, 0.1) is 39.1 Å². The van der Waals surface area contributed by atoms with Gasteiger partial charge >= 0.3 is 6.09 Å². The van der Waals surface area contributed by atoms with E-state index < -0.39 is 23.9 Å². The van der Waals surface area contributed by atoms with E-state index in [2.05, 4.69) is 25.3 Å². The number of methoxy groups -OCH3 is 1. The minimum Gasteiger partial charge on any atom is -0.494 e. The number of morpholine rings is 2. The summed E-state index contributed by atoms with van der Waals surface area (Å²) < 4.78 is 51.8. The van der Waals surface area contributed by atoms with E-state index in [1.54, 1.807) is 20.8 Å². The molecular weight excluding hydrogens is 530 g/mol. The Morgan fingerprint density at radius 2 is 1.48 bits per heavy atom. The minimum atomic E-state index is -2.96. The van der Waals surface area contributed by atoms with Crippen molar-refractivity contribution in [2.24, 2.45) is 0 Å². The van der Waals surface area contributed by atoms with Crippen molar-refractivity contribution in [1.82, 2.24) is 24.5 Å². The molecule has 4 heterocycles. The molecule has 5 rings (SSSR count). The largest absolute Gasteiger partial charge is 0.494 e. The Morgan fingerprint density at radius 3 is 1.98 bits per heavy atom. The number of carbonyl (C=O) groups excluding carboxylic acids is 1. The molecule has 1 aromatic carbocycles. The molecule has 1 N–H and O–H groups in total. The molecule has 0 saturated carbocycles. The lowest BCUT2D eigenvalue weighted by atomic mass is 10.2. The zero-order chi connectivity index (χ0) is 28.4. The van der Waals surface area contributed by atoms with Gasteiger partial charge in [-0.3, -0.25) is 9.88 Å². The standard InChI is InChI=1S/C25H32F2N8O5/c1-25(2,3)40-24(36)28-15-13-16-18(17(14-15)37-4)29-20(19(26)27)35(16)23-31-21(33-5-9-38-10-6-33)30-22(32-23)34-7-11-39-12-8-34/h13-14,19H,5-12H2,1-4H3,(H,28,36). The lowest BCUT2D eigenvalue weighted by Crippen LogP contribution is -2.40. The van der Waals surface area contributed by atoms with Crippen LogP contribution in [-0.4, -0.2) is 95.9 Å². The number of carbonyl (C=O) groups is 1. The lowest BCUT2D eigenvalue weighted by molar-refractivity contribution is 0.0636. The summed E-state index contributed by atoms with van der Waals surface area (Å²) in [6.45, 7) is 9.31. The van der Waals surface area contributed by atoms with E-state index in [4.69, 9.17) is 18.9 Å². The van der Waals surface area contributed by atoms with Crippen LogP contribution in [-0.2, 0) is 14.2 Å². The highest BCUT2D eigenvalue weighted by atomic mass is 19.3. The zero-order valence-corrected chi connectivity index (χ0v) is 22.8. The first kappa shape index (κ1) is 27.7. The number of anilines is 3. The van der Waals surface area contributed by atoms with Crippen molar-refractivity contribution < 1.29 is 32.5 Å². The summed E-state index contributed by atoms with van der Waals surface area (Å²) >= 11 is 0. The van der Waals surface area contributed by atoms with Gasteiger partial charge in [0.25, 0.3) is 6.43 Å². The Labute approximate surface area is 229 Å². The molecule has 2 fully saturated rings. The summed E-state index contributed by atoms with van der Waals surface area (Å²) in [6.07, 6.45) is -3.67. The van der Waals surface area contributed by atoms with Gasteiger partial charge in [-0.25, -0.2) is 18.6 Å². The molecule has 0 atom stereocenters. The topological polar surface area (TPSA) is 129 Å². The number of aromatic nitrogens is 5. The molecule has 2 aliphatic rings. The third-order valence-corrected chi connectivity index (χ3v) is 6.20. The maximum Gasteiger partial charge on any atom is 0.412 e. The van der Waals surface area contributed by atoms with Gasteiger partial charge in [0.2, 0.25) is 17.8 Å². The highest BCUT2D eigenvalue weighted by Crippen LogP contribution is 2.35. The van der Waals surface area contributed by atoms with Gasteiger partial charge in [-0.05, 0) is 26.8 Å². The zero-order valence-electron chi connectivity index (χ0n) is 22.8. The molecule has 1 amide bonds. The Morgan fingerprint density at radius 1 is 0.925 bits per heavy atom. The number of nitrogens with one attached hydrogen (secondary N) is 1. The molecule has 0 spiro atoms. The quantitative estimate of drug-likeness (QED) is 0.476. The average molecular weight is 563 g/mol. The van der Waals surface area contributed by atoms with Crippen LogP contribution in [0.15, 0.2) is 12.1 Å². The number of fused-ring (bicyclic) bond motifs is 1. The van der Waals surface area contributed by atoms with Crippen LogP contribution in [0.3, 0.4) is 0 Å². The SMILES string of the molecule is COc1cc(NC(=O)OC(C)(C)C)cc2c1nc(C(F)F)n2-c1nc(N2CCOCC2)nc(N2CCOCC2)n1. The summed E-state index contributed by atoms with van der Waals surface area (Å²) in [7, 11) is 1.39. The molecule has 2 aliphatic heterocycles. The van der Waals surface area contributed by atoms with Gasteiger partial charge in [0, 0.05) is 37.9 Å². The second-order valence-corrected chi connectivity index (χ2v) is 10.2. The first-order chi connectivity index (χ1) is 19.1. The predicted octanol–water partition coefficient (Wildman–Crippen LogP) is 3.18. The van der Waals surface area contributed by atoms with Crippen LogP contribution in [0.1, 0.15) is 33.0 Å². The molecule has 3 aromatic rings. The minimum absolute atomic E-state index is 0.0349. The number of amides is 1. The maximum absolute atomic E-state index is 14.5. The number of alkyl halides is 2. The second-order valence-electron chi connectivity index (χ2n) is 10.2. The van der Waals surface area contributed by atoms with E-state index in [0.717, 1.165) is 0 Å². The highest BCUT2D eigenvalue weighted by molar-refractivity contribution is 5.93. The average Bonchev–Trinajstić information content (AvgIpc) is 3.32. The van der Waals surface area contributed by atoms with Gasteiger partial charge in [0.15, 0.2) is 5.82 Å². The van der Waals surface area contributed by atoms with Crippen molar-refractivity contribution in [3.63, 3.8) is 0 Å². The molecule has 40 heavy (non-hydrogen) atoms. The van der Waals surface area contributed by atoms with E-state index in [9.17, 15) is 13.6 Å². The van der Waals surface area contributed by atoms with Gasteiger partial charge in [-0.15, -0.1) is 0 Å². The Hall–Kier alpha value is -3.85. The number of imidazole rings is 1. The molecule has 0 unspecified atom stereocenters. The van der Waals surface area contributed by atoms with Gasteiger partial charge in [-0.1, -0.05) is 0 Å². The van der Waals surface area contributed by atoms with E-state index >= 15 is 0 Å². The fraction of sp³-hybridized carbons (Fsp3) is 0.560. The van der Waals surface area contributed by atoms with Gasteiger partial charge in [-0.2, -0.15) is 15.0 Å². The second kappa shape index (κ2) is 11.3. The van der Waals surface area contributed by atoms with Crippen molar-refractivity contribution in [2.45, 2.75) is 32.8 Å². The Kier molecular flexibility index (Phi) is 7.85. The fourth-order valence-electron chi connectivity index (χ4n) is 4.42. The van der Waals surface area contributed by atoms with Crippen molar-refractivity contribution in [2.75, 3.05) is 74.8 Å². The summed E-state index contributed by atoms with van der Waals surface area (Å²) in [5.41, 5.74) is -0.0995. The maximum atomic E-state index is 14.5. The number of rotatable bonds is 6. The summed E-state index contributed by atoms with van der Waals surface area (Å²) in [6, 6.07) is 3.00. The van der Waals surface area contributed by atoms with Crippen LogP contribution in [0.2, 0.25) is 0 Å². The smallest absolute Gasteiger partial charge is 0.412 e. The third kappa shape index (κ3) is 5.99. The van der Waals surface area contributed by atoms with E-state index in [1.807, 2.05) is 9.80 Å². The highest BCUT2D eigenvalue weighted by Gasteiger charge is 2.28. The fourth-order valence-corrected chi connectivity index (χ4v) is 4.42. The number of hydrogen-bond acceptors (Lipinski definition) is 11. The number of nitrogens with zero attached hydrogens (tertiary/aromatic N) is 7. The first-order valence-electron chi connectivity index (χ1n) is 12.9. The number of hydrogen-bond donors (Lipinski definition) is 1. The summed E-state index contributed by atoms with van der Waals surface area (Å²) in [4.78, 5) is 34.4. The molecule has 0 radical (unpaired) electrons. The number of benzene rings is 1. The monoisotopic (exact) mass is 562 g/mol. The normalized spacial score (nSPS) is 16.5. The molecule has 2 saturated heterocycles. The summed E-state index contributed by atoms with van der Waals surface area (Å²) in [5, 5.41) is 2.64. The molecule has 13 nitrogen and oxygen atoms in total. The molecular formula is C25H32F2N8O5. The van der Waals surface area contributed by atoms with Crippen LogP contribution < -0.4 is 19.9 Å². The molecule has 2 aromatic heterocycles. The van der Waals surface area contributed by atoms with Crippen molar-refractivity contribution in [3.05, 3.63) is 18.0 Å². The lowest BCUT2D eigenvalue weighted by Gasteiger charge is -2.30. The van der Waals surface area contributed by atoms with Crippen LogP contribution in [0.5, 0.6) is 5.75 Å². The summed E-state index contributed by atoms with van der Waals surface area (Å²) in [5.74, 6) is 0.251. The van der Waals surface area contributed by atoms with Gasteiger partial charge in [0.1, 0.15) is 16.9 Å².